The molecule has 2 atom stereocenters. The van der Waals surface area contributed by atoms with Crippen LogP contribution in [0.15, 0.2) is 0 Å². The van der Waals surface area contributed by atoms with Gasteiger partial charge in [-0.2, -0.15) is 0 Å². The fraction of sp³-hybridized carbons (Fsp3) is 0.913. The first-order valence-electron chi connectivity index (χ1n) is 12.2. The molecule has 0 bridgehead atoms. The van der Waals surface area contributed by atoms with Crippen LogP contribution in [0.4, 0.5) is 0 Å². The maximum Gasteiger partial charge on any atom is 0.324 e. The van der Waals surface area contributed by atoms with Crippen molar-refractivity contribution in [2.45, 2.75) is 116 Å². The molecule has 200 valence electrons. The summed E-state index contributed by atoms with van der Waals surface area (Å²) in [5.74, 6) is -0.852. The molecular formula is C23H48N2O6SSi2. The fourth-order valence-corrected chi connectivity index (χ4v) is 11.2. The molecule has 0 radical (unpaired) electrons. The van der Waals surface area contributed by atoms with Crippen molar-refractivity contribution in [3.8, 4) is 0 Å². The number of nitrogens with one attached hydrogen (secondary N) is 1. The number of rotatable bonds is 10. The predicted molar refractivity (Wildman–Crippen MR) is 143 cm³/mol. The number of carbonyl (C=O) groups is 2. The highest BCUT2D eigenvalue weighted by Crippen LogP contribution is 2.29. The maximum atomic E-state index is 12.9. The van der Waals surface area contributed by atoms with Gasteiger partial charge in [0.2, 0.25) is 10.0 Å². The van der Waals surface area contributed by atoms with E-state index in [1.54, 1.807) is 20.8 Å². The first kappa shape index (κ1) is 31.3. The summed E-state index contributed by atoms with van der Waals surface area (Å²) in [6.45, 7) is 22.0. The third kappa shape index (κ3) is 12.3. The molecule has 0 amide bonds. The Balaban J connectivity index is 3.03. The van der Waals surface area contributed by atoms with Crippen LogP contribution in [0.5, 0.6) is 0 Å². The third-order valence-corrected chi connectivity index (χ3v) is 11.6. The van der Waals surface area contributed by atoms with Gasteiger partial charge in [0.1, 0.15) is 23.3 Å². The second-order valence-corrected chi connectivity index (χ2v) is 26.1. The van der Waals surface area contributed by atoms with Crippen LogP contribution in [-0.4, -0.2) is 83.2 Å². The molecule has 0 saturated carbocycles. The summed E-state index contributed by atoms with van der Waals surface area (Å²) in [6.07, 6.45) is 1.02. The Bertz CT molecular complexity index is 826. The highest BCUT2D eigenvalue weighted by Gasteiger charge is 2.44. The van der Waals surface area contributed by atoms with Gasteiger partial charge in [-0.1, -0.05) is 32.7 Å². The lowest BCUT2D eigenvalue weighted by molar-refractivity contribution is -0.160. The van der Waals surface area contributed by atoms with E-state index in [0.29, 0.717) is 12.6 Å². The summed E-state index contributed by atoms with van der Waals surface area (Å²) in [6, 6.07) is 0.0101. The third-order valence-electron chi connectivity index (χ3n) is 5.34. The molecule has 0 spiro atoms. The Morgan fingerprint density at radius 2 is 1.59 bits per heavy atom. The highest BCUT2D eigenvalue weighted by molar-refractivity contribution is 7.89. The van der Waals surface area contributed by atoms with Crippen LogP contribution in [0.25, 0.3) is 0 Å². The highest BCUT2D eigenvalue weighted by atomic mass is 32.2. The molecule has 0 aromatic rings. The second-order valence-electron chi connectivity index (χ2n) is 13.5. The van der Waals surface area contributed by atoms with Gasteiger partial charge in [-0.15, -0.1) is 0 Å². The average molecular weight is 537 g/mol. The Hall–Kier alpha value is -0.756. The van der Waals surface area contributed by atoms with Crippen molar-refractivity contribution in [3.63, 3.8) is 0 Å². The minimum absolute atomic E-state index is 0.00773. The van der Waals surface area contributed by atoms with E-state index in [4.69, 9.17) is 9.47 Å². The van der Waals surface area contributed by atoms with Crippen molar-refractivity contribution in [1.82, 2.24) is 9.62 Å². The van der Waals surface area contributed by atoms with E-state index in [9.17, 15) is 18.0 Å². The summed E-state index contributed by atoms with van der Waals surface area (Å²) < 4.78 is 39.4. The summed E-state index contributed by atoms with van der Waals surface area (Å²) in [5.41, 5.74) is -1.32. The smallest absolute Gasteiger partial charge is 0.324 e. The van der Waals surface area contributed by atoms with Crippen molar-refractivity contribution in [2.75, 3.05) is 18.5 Å². The molecule has 1 aliphatic heterocycles. The fourth-order valence-electron chi connectivity index (χ4n) is 3.82. The van der Waals surface area contributed by atoms with Crippen LogP contribution >= 0.6 is 0 Å². The number of esters is 2. The van der Waals surface area contributed by atoms with E-state index in [1.807, 2.05) is 20.8 Å². The number of hydrogen-bond acceptors (Lipinski definition) is 7. The van der Waals surface area contributed by atoms with E-state index >= 15 is 0 Å². The molecule has 1 unspecified atom stereocenters. The van der Waals surface area contributed by atoms with Gasteiger partial charge in [0.25, 0.3) is 0 Å². The number of ether oxygens (including phenoxy) is 2. The van der Waals surface area contributed by atoms with Crippen molar-refractivity contribution in [1.29, 1.82) is 0 Å². The lowest BCUT2D eigenvalue weighted by Gasteiger charge is -2.29. The van der Waals surface area contributed by atoms with E-state index in [1.165, 1.54) is 0 Å². The van der Waals surface area contributed by atoms with Crippen LogP contribution in [0.2, 0.25) is 44.8 Å². The van der Waals surface area contributed by atoms with Crippen LogP contribution in [-0.2, 0) is 29.1 Å². The normalized spacial score (nSPS) is 20.7. The van der Waals surface area contributed by atoms with Gasteiger partial charge in [0.15, 0.2) is 0 Å². The van der Waals surface area contributed by atoms with Gasteiger partial charge in [-0.3, -0.25) is 14.5 Å². The Kier molecular flexibility index (Phi) is 10.2. The lowest BCUT2D eigenvalue weighted by atomic mass is 10.1. The quantitative estimate of drug-likeness (QED) is 0.336. The number of carbonyl (C=O) groups excluding carboxylic acids is 2. The summed E-state index contributed by atoms with van der Waals surface area (Å²) in [7, 11) is -6.87. The topological polar surface area (TPSA) is 102 Å². The van der Waals surface area contributed by atoms with Gasteiger partial charge in [-0.05, 0) is 66.2 Å². The molecule has 11 heteroatoms. The monoisotopic (exact) mass is 536 g/mol. The molecular weight excluding hydrogens is 489 g/mol. The zero-order valence-electron chi connectivity index (χ0n) is 23.2. The van der Waals surface area contributed by atoms with Crippen LogP contribution in [0, 0.1) is 0 Å². The number of sulfonamides is 1. The van der Waals surface area contributed by atoms with E-state index < -0.39 is 49.4 Å². The van der Waals surface area contributed by atoms with E-state index in [0.717, 1.165) is 12.2 Å². The van der Waals surface area contributed by atoms with Gasteiger partial charge in [0.05, 0.1) is 13.8 Å². The van der Waals surface area contributed by atoms with Crippen molar-refractivity contribution in [3.05, 3.63) is 0 Å². The molecule has 0 aliphatic carbocycles. The average Bonchev–Trinajstić information content (AvgIpc) is 2.88. The SMILES string of the molecule is CC(C)(C)OC(=O)C1C[Si](C)(C)CN1CC[C@H](NS(=O)(=O)CC[Si](C)(C)C)C(=O)OC(C)(C)C. The van der Waals surface area contributed by atoms with Gasteiger partial charge in [-0.25, -0.2) is 13.1 Å². The molecule has 34 heavy (non-hydrogen) atoms. The lowest BCUT2D eigenvalue weighted by Crippen LogP contribution is -2.48. The van der Waals surface area contributed by atoms with Gasteiger partial charge in [0, 0.05) is 14.6 Å². The summed E-state index contributed by atoms with van der Waals surface area (Å²) in [4.78, 5) is 27.9. The van der Waals surface area contributed by atoms with Crippen LogP contribution in [0.1, 0.15) is 48.0 Å². The van der Waals surface area contributed by atoms with Gasteiger partial charge < -0.3 is 9.47 Å². The molecule has 1 fully saturated rings. The van der Waals surface area contributed by atoms with Gasteiger partial charge >= 0.3 is 11.9 Å². The van der Waals surface area contributed by atoms with E-state index in [-0.39, 0.29) is 24.2 Å². The maximum absolute atomic E-state index is 12.9. The molecule has 1 heterocycles. The standard InChI is InChI=1S/C23H48N2O6SSi2/c1-22(2,3)30-20(26)18(24-32(28,29)14-15-33(7,8)9)12-13-25-17-34(10,11)16-19(25)21(27)31-23(4,5)6/h18-19,24H,12-17H2,1-11H3/t18-,19?/m0/s1. The number of hydrogen-bond donors (Lipinski definition) is 1. The Labute approximate surface area is 209 Å². The van der Waals surface area contributed by atoms with Crippen LogP contribution < -0.4 is 4.72 Å². The molecule has 1 aliphatic rings. The predicted octanol–water partition coefficient (Wildman–Crippen LogP) is 3.62. The molecule has 0 aromatic heterocycles. The summed E-state index contributed by atoms with van der Waals surface area (Å²) >= 11 is 0. The van der Waals surface area contributed by atoms with Crippen molar-refractivity contribution in [2.24, 2.45) is 0 Å². The second kappa shape index (κ2) is 11.1. The zero-order chi connectivity index (χ0) is 26.8. The summed E-state index contributed by atoms with van der Waals surface area (Å²) in [5, 5.41) is 0. The molecule has 1 N–H and O–H groups in total. The zero-order valence-corrected chi connectivity index (χ0v) is 26.0. The van der Waals surface area contributed by atoms with Crippen molar-refractivity contribution < 1.29 is 27.5 Å². The van der Waals surface area contributed by atoms with Crippen molar-refractivity contribution >= 4 is 38.1 Å². The van der Waals surface area contributed by atoms with E-state index in [2.05, 4.69) is 42.4 Å². The van der Waals surface area contributed by atoms with Crippen LogP contribution in [0.3, 0.4) is 0 Å². The Morgan fingerprint density at radius 1 is 1.06 bits per heavy atom. The largest absolute Gasteiger partial charge is 0.459 e. The minimum atomic E-state index is -3.65. The first-order valence-corrected chi connectivity index (χ1v) is 21.0. The molecule has 1 saturated heterocycles. The number of nitrogens with zero attached hydrogens (tertiary/aromatic N) is 1. The Morgan fingerprint density at radius 3 is 2.06 bits per heavy atom. The molecule has 1 rings (SSSR count). The first-order chi connectivity index (χ1) is 15.0. The molecule has 8 nitrogen and oxygen atoms in total. The minimum Gasteiger partial charge on any atom is -0.459 e. The molecule has 0 aromatic carbocycles.